The summed E-state index contributed by atoms with van der Waals surface area (Å²) in [6.07, 6.45) is 3.41. The van der Waals surface area contributed by atoms with Gasteiger partial charge in [-0.15, -0.1) is 0 Å². The molecule has 1 aromatic carbocycles. The van der Waals surface area contributed by atoms with Crippen molar-refractivity contribution in [2.24, 2.45) is 7.05 Å². The van der Waals surface area contributed by atoms with Crippen LogP contribution in [0.4, 0.5) is 21.5 Å². The second kappa shape index (κ2) is 4.48. The van der Waals surface area contributed by atoms with Crippen LogP contribution >= 0.6 is 0 Å². The molecule has 3 rings (SSSR count). The molecule has 0 unspecified atom stereocenters. The Labute approximate surface area is 115 Å². The van der Waals surface area contributed by atoms with Gasteiger partial charge >= 0.3 is 0 Å². The highest BCUT2D eigenvalue weighted by atomic mass is 19.1. The predicted molar refractivity (Wildman–Crippen MR) is 77.3 cm³/mol. The van der Waals surface area contributed by atoms with E-state index in [-0.39, 0.29) is 0 Å². The molecule has 3 aromatic rings. The Morgan fingerprint density at radius 2 is 2.20 bits per heavy atom. The molecule has 0 bridgehead atoms. The molecule has 0 atom stereocenters. The molecule has 3 N–H and O–H groups in total. The summed E-state index contributed by atoms with van der Waals surface area (Å²) in [4.78, 5) is 4.23. The van der Waals surface area contributed by atoms with E-state index in [1.54, 1.807) is 23.1 Å². The highest BCUT2D eigenvalue weighted by Gasteiger charge is 2.14. The zero-order valence-electron chi connectivity index (χ0n) is 11.2. The van der Waals surface area contributed by atoms with E-state index >= 15 is 0 Å². The van der Waals surface area contributed by atoms with Crippen LogP contribution < -0.4 is 11.1 Å². The summed E-state index contributed by atoms with van der Waals surface area (Å²) in [6.45, 7) is 1.85. The number of aromatic nitrogens is 3. The first kappa shape index (κ1) is 12.4. The zero-order valence-corrected chi connectivity index (χ0v) is 11.2. The van der Waals surface area contributed by atoms with Gasteiger partial charge in [-0.3, -0.25) is 9.67 Å². The topological polar surface area (TPSA) is 68.8 Å². The number of anilines is 3. The lowest BCUT2D eigenvalue weighted by Gasteiger charge is -2.11. The lowest BCUT2D eigenvalue weighted by atomic mass is 10.1. The average molecular weight is 271 g/mol. The van der Waals surface area contributed by atoms with Crippen molar-refractivity contribution in [1.82, 2.24) is 14.8 Å². The van der Waals surface area contributed by atoms with Crippen molar-refractivity contribution in [2.45, 2.75) is 6.92 Å². The highest BCUT2D eigenvalue weighted by Crippen LogP contribution is 2.32. The molecule has 102 valence electrons. The molecule has 5 nitrogen and oxygen atoms in total. The fourth-order valence-corrected chi connectivity index (χ4v) is 2.21. The molecule has 20 heavy (non-hydrogen) atoms. The first-order valence-electron chi connectivity index (χ1n) is 6.16. The van der Waals surface area contributed by atoms with Crippen molar-refractivity contribution in [3.05, 3.63) is 42.1 Å². The zero-order chi connectivity index (χ0) is 14.3. The third-order valence-electron chi connectivity index (χ3n) is 3.15. The molecule has 0 amide bonds. The second-order valence-corrected chi connectivity index (χ2v) is 4.65. The molecule has 0 aliphatic heterocycles. The quantitative estimate of drug-likeness (QED) is 0.703. The Kier molecular flexibility index (Phi) is 2.78. The van der Waals surface area contributed by atoms with Crippen LogP contribution in [0.5, 0.6) is 0 Å². The van der Waals surface area contributed by atoms with Gasteiger partial charge in [0.15, 0.2) is 5.82 Å². The third-order valence-corrected chi connectivity index (χ3v) is 3.15. The molecule has 0 aliphatic carbocycles. The van der Waals surface area contributed by atoms with Crippen LogP contribution in [0.25, 0.3) is 10.9 Å². The highest BCUT2D eigenvalue weighted by molar-refractivity contribution is 5.99. The maximum absolute atomic E-state index is 14.2. The van der Waals surface area contributed by atoms with Crippen LogP contribution in [0, 0.1) is 12.7 Å². The van der Waals surface area contributed by atoms with Gasteiger partial charge in [0, 0.05) is 30.5 Å². The van der Waals surface area contributed by atoms with Gasteiger partial charge in [0.05, 0.1) is 16.9 Å². The number of rotatable bonds is 2. The molecular weight excluding hydrogens is 257 g/mol. The van der Waals surface area contributed by atoms with Crippen molar-refractivity contribution in [3.63, 3.8) is 0 Å². The van der Waals surface area contributed by atoms with Crippen LogP contribution in [-0.2, 0) is 7.05 Å². The molecule has 0 spiro atoms. The summed E-state index contributed by atoms with van der Waals surface area (Å²) >= 11 is 0. The van der Waals surface area contributed by atoms with E-state index in [1.807, 2.05) is 20.0 Å². The number of halogens is 1. The van der Waals surface area contributed by atoms with Crippen LogP contribution in [0.1, 0.15) is 5.69 Å². The van der Waals surface area contributed by atoms with Gasteiger partial charge in [-0.05, 0) is 25.1 Å². The molecule has 2 heterocycles. The van der Waals surface area contributed by atoms with E-state index in [9.17, 15) is 4.39 Å². The molecule has 0 fully saturated rings. The number of pyridine rings is 1. The van der Waals surface area contributed by atoms with Crippen LogP contribution in [0.3, 0.4) is 0 Å². The van der Waals surface area contributed by atoms with Crippen LogP contribution in [0.15, 0.2) is 30.6 Å². The van der Waals surface area contributed by atoms with Gasteiger partial charge in [-0.25, -0.2) is 4.39 Å². The Morgan fingerprint density at radius 1 is 1.40 bits per heavy atom. The minimum atomic E-state index is -0.433. The number of hydrogen-bond donors (Lipinski definition) is 2. The first-order chi connectivity index (χ1) is 9.56. The van der Waals surface area contributed by atoms with Crippen molar-refractivity contribution in [2.75, 3.05) is 11.1 Å². The van der Waals surface area contributed by atoms with Gasteiger partial charge in [0.25, 0.3) is 0 Å². The van der Waals surface area contributed by atoms with E-state index in [1.165, 1.54) is 6.07 Å². The number of fused-ring (bicyclic) bond motifs is 1. The fraction of sp³-hybridized carbons (Fsp3) is 0.143. The van der Waals surface area contributed by atoms with Crippen molar-refractivity contribution >= 4 is 28.0 Å². The molecule has 0 aliphatic rings. The molecule has 0 saturated carbocycles. The normalized spacial score (nSPS) is 10.9. The number of nitrogens with one attached hydrogen (secondary N) is 1. The average Bonchev–Trinajstić information content (AvgIpc) is 2.73. The minimum absolute atomic E-state index is 0.311. The minimum Gasteiger partial charge on any atom is -0.398 e. The number of nitrogens with zero attached hydrogens (tertiary/aromatic N) is 3. The van der Waals surface area contributed by atoms with E-state index in [4.69, 9.17) is 5.73 Å². The Hall–Kier alpha value is -2.63. The van der Waals surface area contributed by atoms with E-state index in [0.717, 1.165) is 16.8 Å². The standard InChI is InChI=1S/C14H14FN5/c1-8-12(7-20(2)19-8)18-14-10(15)6-11(16)9-4-3-5-17-13(9)14/h3-7,18H,16H2,1-2H3. The van der Waals surface area contributed by atoms with Gasteiger partial charge in [0.2, 0.25) is 0 Å². The largest absolute Gasteiger partial charge is 0.398 e. The third kappa shape index (κ3) is 1.95. The Morgan fingerprint density at radius 3 is 2.90 bits per heavy atom. The van der Waals surface area contributed by atoms with Gasteiger partial charge < -0.3 is 11.1 Å². The number of hydrogen-bond acceptors (Lipinski definition) is 4. The summed E-state index contributed by atoms with van der Waals surface area (Å²) in [5.74, 6) is -0.433. The van der Waals surface area contributed by atoms with Gasteiger partial charge in [-0.2, -0.15) is 5.10 Å². The smallest absolute Gasteiger partial charge is 0.150 e. The first-order valence-corrected chi connectivity index (χ1v) is 6.16. The van der Waals surface area contributed by atoms with Crippen molar-refractivity contribution in [1.29, 1.82) is 0 Å². The lowest BCUT2D eigenvalue weighted by Crippen LogP contribution is -1.99. The maximum atomic E-state index is 14.2. The second-order valence-electron chi connectivity index (χ2n) is 4.65. The summed E-state index contributed by atoms with van der Waals surface area (Å²) in [5, 5.41) is 8.00. The maximum Gasteiger partial charge on any atom is 0.150 e. The number of aryl methyl sites for hydroxylation is 2. The van der Waals surface area contributed by atoms with Gasteiger partial charge in [-0.1, -0.05) is 0 Å². The number of nitrogens with two attached hydrogens (primary N) is 1. The van der Waals surface area contributed by atoms with E-state index < -0.39 is 5.82 Å². The molecule has 2 aromatic heterocycles. The summed E-state index contributed by atoms with van der Waals surface area (Å²) in [6, 6.07) is 4.89. The van der Waals surface area contributed by atoms with Crippen LogP contribution in [-0.4, -0.2) is 14.8 Å². The van der Waals surface area contributed by atoms with Crippen LogP contribution in [0.2, 0.25) is 0 Å². The SMILES string of the molecule is Cc1nn(C)cc1Nc1c(F)cc(N)c2cccnc12. The van der Waals surface area contributed by atoms with Crippen molar-refractivity contribution in [3.8, 4) is 0 Å². The Bertz CT molecular complexity index is 794. The molecular formula is C14H14FN5. The van der Waals surface area contributed by atoms with E-state index in [2.05, 4.69) is 15.4 Å². The Balaban J connectivity index is 2.18. The number of nitrogen functional groups attached to an aromatic ring is 1. The predicted octanol–water partition coefficient (Wildman–Crippen LogP) is 2.74. The summed E-state index contributed by atoms with van der Waals surface area (Å²) in [5.41, 5.74) is 8.55. The molecule has 0 saturated heterocycles. The van der Waals surface area contributed by atoms with E-state index in [0.29, 0.717) is 16.9 Å². The van der Waals surface area contributed by atoms with Gasteiger partial charge in [0.1, 0.15) is 5.69 Å². The summed E-state index contributed by atoms with van der Waals surface area (Å²) in [7, 11) is 1.81. The molecule has 6 heteroatoms. The fourth-order valence-electron chi connectivity index (χ4n) is 2.21. The number of benzene rings is 1. The molecule has 0 radical (unpaired) electrons. The van der Waals surface area contributed by atoms with Crippen molar-refractivity contribution < 1.29 is 4.39 Å². The monoisotopic (exact) mass is 271 g/mol. The lowest BCUT2D eigenvalue weighted by molar-refractivity contribution is 0.634. The summed E-state index contributed by atoms with van der Waals surface area (Å²) < 4.78 is 15.9.